The molecule has 0 bridgehead atoms. The maximum absolute atomic E-state index is 12.5. The van der Waals surface area contributed by atoms with E-state index in [2.05, 4.69) is 15.2 Å². The number of nitrogens with one attached hydrogen (secondary N) is 1. The average molecular weight is 360 g/mol. The van der Waals surface area contributed by atoms with E-state index in [1.54, 1.807) is 6.20 Å². The number of carbonyl (C=O) groups is 2. The number of nitrogens with zero attached hydrogens (tertiary/aromatic N) is 3. The fourth-order valence-corrected chi connectivity index (χ4v) is 4.01. The quantitative estimate of drug-likeness (QED) is 0.786. The first-order chi connectivity index (χ1) is 12.6. The number of pyridine rings is 1. The monoisotopic (exact) mass is 360 g/mol. The molecule has 0 saturated carbocycles. The van der Waals surface area contributed by atoms with Crippen molar-refractivity contribution in [2.24, 2.45) is 5.92 Å². The summed E-state index contributed by atoms with van der Waals surface area (Å²) in [6.07, 6.45) is 5.67. The van der Waals surface area contributed by atoms with Gasteiger partial charge in [0.25, 0.3) is 0 Å². The van der Waals surface area contributed by atoms with Crippen molar-refractivity contribution in [2.45, 2.75) is 38.3 Å². The van der Waals surface area contributed by atoms with Crippen LogP contribution in [-0.2, 0) is 16.1 Å². The molecule has 3 heterocycles. The van der Waals surface area contributed by atoms with Crippen molar-refractivity contribution in [1.29, 1.82) is 0 Å². The fraction of sp³-hybridized carbons (Fsp3) is 0.632. The second-order valence-corrected chi connectivity index (χ2v) is 7.27. The molecule has 2 saturated heterocycles. The molecule has 0 aromatic carbocycles. The van der Waals surface area contributed by atoms with Crippen LogP contribution in [-0.4, -0.2) is 70.5 Å². The van der Waals surface area contributed by atoms with Crippen LogP contribution in [0.4, 0.5) is 0 Å². The zero-order valence-electron chi connectivity index (χ0n) is 15.1. The highest BCUT2D eigenvalue weighted by Crippen LogP contribution is 2.24. The van der Waals surface area contributed by atoms with Gasteiger partial charge in [-0.3, -0.25) is 24.4 Å². The topological polar surface area (TPSA) is 85.8 Å². The van der Waals surface area contributed by atoms with Crippen molar-refractivity contribution < 1.29 is 14.7 Å². The normalized spacial score (nSPS) is 22.8. The predicted molar refractivity (Wildman–Crippen MR) is 97.5 cm³/mol. The first kappa shape index (κ1) is 18.8. The number of hydrogen-bond acceptors (Lipinski definition) is 5. The second-order valence-electron chi connectivity index (χ2n) is 7.27. The number of rotatable bonds is 6. The van der Waals surface area contributed by atoms with Gasteiger partial charge in [-0.25, -0.2) is 0 Å². The predicted octanol–water partition coefficient (Wildman–Crippen LogP) is 0.959. The molecule has 2 fully saturated rings. The number of likely N-dealkylation sites (tertiary alicyclic amines) is 2. The van der Waals surface area contributed by atoms with Gasteiger partial charge in [0.2, 0.25) is 5.91 Å². The molecule has 0 unspecified atom stereocenters. The summed E-state index contributed by atoms with van der Waals surface area (Å²) in [7, 11) is 0. The van der Waals surface area contributed by atoms with Gasteiger partial charge >= 0.3 is 5.97 Å². The molecule has 0 aliphatic carbocycles. The number of amides is 1. The zero-order valence-corrected chi connectivity index (χ0v) is 15.1. The van der Waals surface area contributed by atoms with Gasteiger partial charge in [0, 0.05) is 31.9 Å². The largest absolute Gasteiger partial charge is 0.480 e. The van der Waals surface area contributed by atoms with Crippen LogP contribution in [0.3, 0.4) is 0 Å². The molecule has 1 amide bonds. The van der Waals surface area contributed by atoms with E-state index in [1.165, 1.54) is 0 Å². The highest BCUT2D eigenvalue weighted by atomic mass is 16.4. The lowest BCUT2D eigenvalue weighted by Gasteiger charge is -2.41. The lowest BCUT2D eigenvalue weighted by Crippen LogP contribution is -2.51. The second kappa shape index (κ2) is 9.09. The van der Waals surface area contributed by atoms with Crippen molar-refractivity contribution in [2.75, 3.05) is 32.7 Å². The van der Waals surface area contributed by atoms with Crippen molar-refractivity contribution in [3.63, 3.8) is 0 Å². The smallest absolute Gasteiger partial charge is 0.317 e. The molecule has 7 nitrogen and oxygen atoms in total. The minimum atomic E-state index is -0.758. The van der Waals surface area contributed by atoms with Crippen molar-refractivity contribution in [1.82, 2.24) is 20.1 Å². The Kier molecular flexibility index (Phi) is 6.57. The average Bonchev–Trinajstić information content (AvgIpc) is 2.67. The van der Waals surface area contributed by atoms with Gasteiger partial charge in [0.05, 0.1) is 24.7 Å². The van der Waals surface area contributed by atoms with Gasteiger partial charge in [0.1, 0.15) is 0 Å². The third-order valence-corrected chi connectivity index (χ3v) is 5.43. The Morgan fingerprint density at radius 2 is 2.00 bits per heavy atom. The van der Waals surface area contributed by atoms with E-state index >= 15 is 0 Å². The summed E-state index contributed by atoms with van der Waals surface area (Å²) in [6.45, 7) is 4.09. The Labute approximate surface area is 154 Å². The molecule has 1 atom stereocenters. The summed E-state index contributed by atoms with van der Waals surface area (Å²) < 4.78 is 0. The molecule has 3 rings (SSSR count). The van der Waals surface area contributed by atoms with Crippen LogP contribution in [0.2, 0.25) is 0 Å². The molecule has 0 spiro atoms. The Morgan fingerprint density at radius 1 is 1.19 bits per heavy atom. The molecule has 7 heteroatoms. The number of aliphatic carboxylic acids is 1. The van der Waals surface area contributed by atoms with E-state index in [-0.39, 0.29) is 18.4 Å². The van der Waals surface area contributed by atoms with Crippen LogP contribution in [0.5, 0.6) is 0 Å². The van der Waals surface area contributed by atoms with E-state index in [9.17, 15) is 9.59 Å². The van der Waals surface area contributed by atoms with Crippen LogP contribution in [0.1, 0.15) is 31.4 Å². The molecular formula is C19H28N4O3. The lowest BCUT2D eigenvalue weighted by molar-refractivity contribution is -0.139. The van der Waals surface area contributed by atoms with Crippen molar-refractivity contribution in [3.05, 3.63) is 30.1 Å². The molecule has 2 N–H and O–H groups in total. The molecule has 2 aliphatic heterocycles. The van der Waals surface area contributed by atoms with Crippen LogP contribution < -0.4 is 5.32 Å². The molecule has 0 radical (unpaired) electrons. The number of carboxylic acid groups (broad SMARTS) is 1. The number of aromatic nitrogens is 1. The number of carboxylic acids is 1. The molecule has 2 aliphatic rings. The highest BCUT2D eigenvalue weighted by molar-refractivity contribution is 5.78. The van der Waals surface area contributed by atoms with Gasteiger partial charge in [-0.2, -0.15) is 0 Å². The van der Waals surface area contributed by atoms with Gasteiger partial charge in [0.15, 0.2) is 0 Å². The Bertz CT molecular complexity index is 602. The molecule has 1 aromatic heterocycles. The third kappa shape index (κ3) is 5.25. The minimum Gasteiger partial charge on any atom is -0.480 e. The molecule has 1 aromatic rings. The summed E-state index contributed by atoms with van der Waals surface area (Å²) in [6, 6.07) is 6.17. The highest BCUT2D eigenvalue weighted by Gasteiger charge is 2.31. The lowest BCUT2D eigenvalue weighted by atomic mass is 9.93. The van der Waals surface area contributed by atoms with Crippen LogP contribution >= 0.6 is 0 Å². The Hall–Kier alpha value is -1.99. The third-order valence-electron chi connectivity index (χ3n) is 5.43. The van der Waals surface area contributed by atoms with Crippen LogP contribution in [0.15, 0.2) is 24.4 Å². The standard InChI is InChI=1S/C19H28N4O3/c24-18(25)14-22-10-6-17(7-11-22)23-9-3-4-15(13-23)19(26)21-12-16-5-1-2-8-20-16/h1-2,5,8,15,17H,3-4,6-7,9-14H2,(H,21,26)(H,24,25)/t15-/m1/s1. The summed E-state index contributed by atoms with van der Waals surface area (Å²) in [5, 5.41) is 11.9. The van der Waals surface area contributed by atoms with Gasteiger partial charge in [-0.1, -0.05) is 6.07 Å². The van der Waals surface area contributed by atoms with Gasteiger partial charge in [-0.15, -0.1) is 0 Å². The summed E-state index contributed by atoms with van der Waals surface area (Å²) in [4.78, 5) is 32.0. The number of hydrogen-bond donors (Lipinski definition) is 2. The minimum absolute atomic E-state index is 0.0320. The van der Waals surface area contributed by atoms with Gasteiger partial charge in [-0.05, 0) is 44.4 Å². The van der Waals surface area contributed by atoms with E-state index < -0.39 is 5.97 Å². The summed E-state index contributed by atoms with van der Waals surface area (Å²) >= 11 is 0. The molecule has 26 heavy (non-hydrogen) atoms. The maximum atomic E-state index is 12.5. The Morgan fingerprint density at radius 3 is 2.69 bits per heavy atom. The van der Waals surface area contributed by atoms with Crippen molar-refractivity contribution in [3.8, 4) is 0 Å². The van der Waals surface area contributed by atoms with E-state index in [0.29, 0.717) is 12.6 Å². The van der Waals surface area contributed by atoms with E-state index in [4.69, 9.17) is 5.11 Å². The first-order valence-corrected chi connectivity index (χ1v) is 9.47. The van der Waals surface area contributed by atoms with E-state index in [1.807, 2.05) is 23.1 Å². The number of carbonyl (C=O) groups excluding carboxylic acids is 1. The van der Waals surface area contributed by atoms with E-state index in [0.717, 1.165) is 57.6 Å². The first-order valence-electron chi connectivity index (χ1n) is 9.47. The molecular weight excluding hydrogens is 332 g/mol. The SMILES string of the molecule is O=C(O)CN1CCC(N2CCC[C@@H](C(=O)NCc3ccccn3)C2)CC1. The molecule has 142 valence electrons. The summed E-state index contributed by atoms with van der Waals surface area (Å²) in [5.41, 5.74) is 0.874. The fourth-order valence-electron chi connectivity index (χ4n) is 4.01. The number of piperidine rings is 2. The van der Waals surface area contributed by atoms with Crippen LogP contribution in [0.25, 0.3) is 0 Å². The zero-order chi connectivity index (χ0) is 18.4. The maximum Gasteiger partial charge on any atom is 0.317 e. The Balaban J connectivity index is 1.45. The van der Waals surface area contributed by atoms with Gasteiger partial charge < -0.3 is 10.4 Å². The van der Waals surface area contributed by atoms with Crippen molar-refractivity contribution >= 4 is 11.9 Å². The summed E-state index contributed by atoms with van der Waals surface area (Å²) in [5.74, 6) is -0.612. The van der Waals surface area contributed by atoms with Crippen LogP contribution in [0, 0.1) is 5.92 Å².